The van der Waals surface area contributed by atoms with Crippen molar-refractivity contribution in [3.63, 3.8) is 0 Å². The van der Waals surface area contributed by atoms with Gasteiger partial charge in [-0.25, -0.2) is 60.7 Å². The Hall–Kier alpha value is -2.40. The Bertz CT molecular complexity index is 1100. The van der Waals surface area contributed by atoms with Gasteiger partial charge in [0.05, 0.1) is 0 Å². The van der Waals surface area contributed by atoms with Crippen LogP contribution in [-0.4, -0.2) is 16.8 Å². The second kappa shape index (κ2) is 7.13. The summed E-state index contributed by atoms with van der Waals surface area (Å²) in [6.07, 6.45) is 0. The van der Waals surface area contributed by atoms with E-state index in [0.717, 1.165) is 0 Å². The molecule has 160 valence electrons. The van der Waals surface area contributed by atoms with Gasteiger partial charge in [-0.1, -0.05) is 0 Å². The van der Waals surface area contributed by atoms with Crippen LogP contribution in [0.5, 0.6) is 0 Å². The van der Waals surface area contributed by atoms with Gasteiger partial charge in [0, 0.05) is 0 Å². The van der Waals surface area contributed by atoms with E-state index in [1.54, 1.807) is 4.13 Å². The fraction of sp³-hybridized carbons (Fsp3) is 0. The number of benzene rings is 2. The summed E-state index contributed by atoms with van der Waals surface area (Å²) in [6, 6.07) is 0. The van der Waals surface area contributed by atoms with Crippen molar-refractivity contribution in [2.75, 3.05) is 0 Å². The molecule has 0 unspecified atom stereocenters. The molecule has 0 heterocycles. The summed E-state index contributed by atoms with van der Waals surface area (Å²) in [7, 11) is -13.0. The highest BCUT2D eigenvalue weighted by molar-refractivity contribution is 8.12. The Kier molecular flexibility index (Phi) is 5.63. The number of sulfonamides is 2. The van der Waals surface area contributed by atoms with E-state index in [1.165, 1.54) is 0 Å². The van der Waals surface area contributed by atoms with Gasteiger partial charge in [-0.2, -0.15) is 0 Å². The van der Waals surface area contributed by atoms with Crippen LogP contribution in [0, 0.1) is 58.2 Å². The Morgan fingerprint density at radius 2 is 0.552 bits per heavy atom. The van der Waals surface area contributed by atoms with Crippen LogP contribution in [0.15, 0.2) is 9.79 Å². The van der Waals surface area contributed by atoms with Gasteiger partial charge in [-0.3, -0.25) is 0 Å². The van der Waals surface area contributed by atoms with E-state index in [4.69, 9.17) is 0 Å². The van der Waals surface area contributed by atoms with Crippen LogP contribution in [0.1, 0.15) is 0 Å². The quantitative estimate of drug-likeness (QED) is 0.384. The minimum absolute atomic E-state index is 1.62. The van der Waals surface area contributed by atoms with Crippen molar-refractivity contribution < 1.29 is 60.7 Å². The molecule has 0 aromatic heterocycles. The molecule has 0 aliphatic carbocycles. The third-order valence-electron chi connectivity index (χ3n) is 3.05. The van der Waals surface area contributed by atoms with E-state index < -0.39 is 88.0 Å². The molecule has 2 aromatic carbocycles. The maximum atomic E-state index is 13.5. The van der Waals surface area contributed by atoms with Gasteiger partial charge in [0.15, 0.2) is 46.5 Å². The Balaban J connectivity index is 2.76. The minimum Gasteiger partial charge on any atom is -0.427 e. The maximum Gasteiger partial charge on any atom is 0.200 e. The highest BCUT2D eigenvalue weighted by Gasteiger charge is 2.34. The summed E-state index contributed by atoms with van der Waals surface area (Å²) < 4.78 is 181. The first-order valence-corrected chi connectivity index (χ1v) is 9.21. The van der Waals surface area contributed by atoms with Crippen molar-refractivity contribution in [3.8, 4) is 0 Å². The topological polar surface area (TPSA) is 82.4 Å². The predicted octanol–water partition coefficient (Wildman–Crippen LogP) is 3.53. The van der Waals surface area contributed by atoms with Crippen LogP contribution in [0.25, 0.3) is 4.13 Å². The summed E-state index contributed by atoms with van der Waals surface area (Å²) in [4.78, 5) is -5.69. The molecule has 0 saturated carbocycles. The highest BCUT2D eigenvalue weighted by Crippen LogP contribution is 2.35. The molecule has 0 N–H and O–H groups in total. The van der Waals surface area contributed by atoms with Crippen molar-refractivity contribution >= 4 is 20.0 Å². The number of hydrogen-bond donors (Lipinski definition) is 0. The Morgan fingerprint density at radius 3 is 0.759 bits per heavy atom. The molecule has 5 nitrogen and oxygen atoms in total. The van der Waals surface area contributed by atoms with Gasteiger partial charge in [0.25, 0.3) is 0 Å². The van der Waals surface area contributed by atoms with Gasteiger partial charge >= 0.3 is 0 Å². The zero-order valence-corrected chi connectivity index (χ0v) is 14.3. The predicted molar refractivity (Wildman–Crippen MR) is 70.2 cm³/mol. The van der Waals surface area contributed by atoms with Crippen molar-refractivity contribution in [2.24, 2.45) is 0 Å². The van der Waals surface area contributed by atoms with Crippen LogP contribution in [0.2, 0.25) is 0 Å². The Morgan fingerprint density at radius 1 is 0.379 bits per heavy atom. The molecule has 17 heteroatoms. The van der Waals surface area contributed by atoms with Crippen LogP contribution >= 0.6 is 0 Å². The monoisotopic (exact) mass is 476 g/mol. The molecule has 0 fully saturated rings. The van der Waals surface area contributed by atoms with Crippen molar-refractivity contribution in [2.45, 2.75) is 9.79 Å². The molecule has 0 atom stereocenters. The number of nitrogens with zero attached hydrogens (tertiary/aromatic N) is 1. The van der Waals surface area contributed by atoms with E-state index in [1.807, 2.05) is 0 Å². The van der Waals surface area contributed by atoms with Gasteiger partial charge in [-0.05, 0) is 0 Å². The second-order valence-electron chi connectivity index (χ2n) is 4.82. The van der Waals surface area contributed by atoms with Crippen LogP contribution in [0.3, 0.4) is 0 Å². The SMILES string of the molecule is O=S(=O)([N-]S(=O)(=O)c1c(F)c(F)c(F)c(F)c1F)c1c(F)c(F)c(F)c(F)c1F. The van der Waals surface area contributed by atoms with E-state index in [-0.39, 0.29) is 0 Å². The van der Waals surface area contributed by atoms with Crippen LogP contribution in [0.4, 0.5) is 43.9 Å². The first-order valence-electron chi connectivity index (χ1n) is 6.33. The lowest BCUT2D eigenvalue weighted by molar-refractivity contribution is 0.357. The highest BCUT2D eigenvalue weighted by atomic mass is 32.3. The fourth-order valence-corrected chi connectivity index (χ4v) is 4.72. The van der Waals surface area contributed by atoms with Crippen molar-refractivity contribution in [1.29, 1.82) is 0 Å². The summed E-state index contributed by atoms with van der Waals surface area (Å²) >= 11 is 0. The van der Waals surface area contributed by atoms with Crippen molar-refractivity contribution in [3.05, 3.63) is 62.3 Å². The fourth-order valence-electron chi connectivity index (χ4n) is 1.83. The number of rotatable bonds is 4. The largest absolute Gasteiger partial charge is 0.427 e. The summed E-state index contributed by atoms with van der Waals surface area (Å²) in [5, 5.41) is 0. The molecule has 0 spiro atoms. The van der Waals surface area contributed by atoms with Crippen molar-refractivity contribution in [1.82, 2.24) is 0 Å². The molecular formula is C12F10NO4S2-. The molecule has 0 aliphatic rings. The molecule has 29 heavy (non-hydrogen) atoms. The minimum atomic E-state index is -6.49. The van der Waals surface area contributed by atoms with Crippen LogP contribution in [-0.2, 0) is 20.0 Å². The molecule has 2 rings (SSSR count). The smallest absolute Gasteiger partial charge is 0.200 e. The van der Waals surface area contributed by atoms with Gasteiger partial charge in [0.1, 0.15) is 29.8 Å². The normalized spacial score (nSPS) is 12.5. The summed E-state index contributed by atoms with van der Waals surface area (Å²) in [6.45, 7) is 0. The first-order chi connectivity index (χ1) is 13.1. The lowest BCUT2D eigenvalue weighted by atomic mass is 10.3. The molecule has 0 saturated heterocycles. The second-order valence-corrected chi connectivity index (χ2v) is 8.14. The van der Waals surface area contributed by atoms with E-state index in [0.29, 0.717) is 0 Å². The molecule has 0 amide bonds. The third-order valence-corrected chi connectivity index (χ3v) is 6.37. The first kappa shape index (κ1) is 22.9. The maximum absolute atomic E-state index is 13.5. The number of halogens is 10. The summed E-state index contributed by atoms with van der Waals surface area (Å²) in [5.74, 6) is -29.5. The van der Waals surface area contributed by atoms with Crippen LogP contribution < -0.4 is 0 Å². The molecule has 2 aromatic rings. The average molecular weight is 476 g/mol. The molecular weight excluding hydrogens is 476 g/mol. The number of hydrogen-bond acceptors (Lipinski definition) is 4. The lowest BCUT2D eigenvalue weighted by Gasteiger charge is -2.22. The van der Waals surface area contributed by atoms with E-state index in [9.17, 15) is 60.7 Å². The van der Waals surface area contributed by atoms with E-state index in [2.05, 4.69) is 0 Å². The lowest BCUT2D eigenvalue weighted by Crippen LogP contribution is -2.18. The summed E-state index contributed by atoms with van der Waals surface area (Å²) in [5.41, 5.74) is 0. The molecule has 0 radical (unpaired) electrons. The standard InChI is InChI=1S/C12F10NO4S2/c13-1-3(15)7(19)11(8(20)4(1)16)28(24,25)23-29(26,27)12-9(21)5(17)2(14)6(18)10(12)22/q-1. The zero-order chi connectivity index (χ0) is 22.6. The van der Waals surface area contributed by atoms with Gasteiger partial charge < -0.3 is 4.13 Å². The Labute approximate surface area is 153 Å². The van der Waals surface area contributed by atoms with Gasteiger partial charge in [-0.15, -0.1) is 0 Å². The average Bonchev–Trinajstić information content (AvgIpc) is 2.60. The third kappa shape index (κ3) is 3.52. The van der Waals surface area contributed by atoms with Gasteiger partial charge in [0.2, 0.25) is 11.6 Å². The molecule has 0 bridgehead atoms. The zero-order valence-electron chi connectivity index (χ0n) is 12.7. The van der Waals surface area contributed by atoms with E-state index >= 15 is 0 Å². The molecule has 0 aliphatic heterocycles.